The normalized spacial score (nSPS) is 23.5. The molecule has 40 heavy (non-hydrogen) atoms. The molecule has 2 aromatic carbocycles. The highest BCUT2D eigenvalue weighted by atomic mass is 19.1. The smallest absolute Gasteiger partial charge is 0.219 e. The molecule has 3 aliphatic rings. The van der Waals surface area contributed by atoms with Crippen molar-refractivity contribution in [3.63, 3.8) is 0 Å². The van der Waals surface area contributed by atoms with Gasteiger partial charge in [-0.25, -0.2) is 9.37 Å². The number of rotatable bonds is 5. The second-order valence-corrected chi connectivity index (χ2v) is 11.8. The van der Waals surface area contributed by atoms with Crippen LogP contribution in [0.5, 0.6) is 5.75 Å². The fourth-order valence-electron chi connectivity index (χ4n) is 7.28. The van der Waals surface area contributed by atoms with Crippen LogP contribution in [0.2, 0.25) is 0 Å². The summed E-state index contributed by atoms with van der Waals surface area (Å²) in [5.74, 6) is 0.868. The van der Waals surface area contributed by atoms with Gasteiger partial charge in [0.25, 0.3) is 0 Å². The summed E-state index contributed by atoms with van der Waals surface area (Å²) in [7, 11) is 1.72. The Morgan fingerprint density at radius 3 is 2.55 bits per heavy atom. The quantitative estimate of drug-likeness (QED) is 0.367. The molecular weight excluding hydrogens is 503 g/mol. The van der Waals surface area contributed by atoms with Crippen LogP contribution < -0.4 is 4.74 Å². The molecule has 1 aromatic heterocycles. The number of imidazole rings is 1. The molecule has 0 radical (unpaired) electrons. The van der Waals surface area contributed by atoms with Gasteiger partial charge in [0.05, 0.1) is 30.9 Å². The zero-order valence-electron chi connectivity index (χ0n) is 24.0. The summed E-state index contributed by atoms with van der Waals surface area (Å²) in [6.07, 6.45) is 9.34. The largest absolute Gasteiger partial charge is 0.495 e. The van der Waals surface area contributed by atoms with E-state index < -0.39 is 0 Å². The predicted octanol–water partition coefficient (Wildman–Crippen LogP) is 6.56. The lowest BCUT2D eigenvalue weighted by Gasteiger charge is -2.52. The number of nitrogens with zero attached hydrogens (tertiary/aromatic N) is 4. The number of halogens is 1. The van der Waals surface area contributed by atoms with Gasteiger partial charge in [-0.05, 0) is 81.3 Å². The number of aryl methyl sites for hydroxylation is 1. The van der Waals surface area contributed by atoms with E-state index >= 15 is 0 Å². The first-order valence-corrected chi connectivity index (χ1v) is 14.5. The molecule has 210 valence electrons. The number of ether oxygens (including phenoxy) is 1. The third-order valence-electron chi connectivity index (χ3n) is 9.48. The van der Waals surface area contributed by atoms with Gasteiger partial charge in [-0.15, -0.1) is 0 Å². The highest BCUT2D eigenvalue weighted by molar-refractivity contribution is 5.74. The molecule has 3 fully saturated rings. The molecule has 3 atom stereocenters. The van der Waals surface area contributed by atoms with E-state index in [-0.39, 0.29) is 29.1 Å². The summed E-state index contributed by atoms with van der Waals surface area (Å²) >= 11 is 0. The minimum atomic E-state index is -0.208. The SMILES string of the molecule is COc1cc(C2CN(C(C)=O)CC23CCCN(C(C)c2ccc(F)cc2)C3=C2CCC2)ccc1-n1cnc(C)c1. The lowest BCUT2D eigenvalue weighted by molar-refractivity contribution is -0.128. The van der Waals surface area contributed by atoms with Crippen LogP contribution in [0.15, 0.2) is 66.3 Å². The third kappa shape index (κ3) is 4.49. The lowest BCUT2D eigenvalue weighted by atomic mass is 9.64. The predicted molar refractivity (Wildman–Crippen MR) is 154 cm³/mol. The molecular formula is C33H39FN4O2. The molecule has 2 saturated heterocycles. The number of piperidine rings is 1. The standard InChI is InChI=1S/C33H39FN4O2/c1-22-18-37(21-35-22)30-14-11-27(17-31(30)40-4)29-19-36(24(3)39)20-33(29)15-6-16-38(32(33)26-7-5-8-26)23(2)25-9-12-28(34)13-10-25/h9-14,17-18,21,23,29H,5-8,15-16,19-20H2,1-4H3. The van der Waals surface area contributed by atoms with E-state index in [1.54, 1.807) is 26.2 Å². The van der Waals surface area contributed by atoms with Gasteiger partial charge in [-0.2, -0.15) is 0 Å². The van der Waals surface area contributed by atoms with Crippen molar-refractivity contribution in [2.45, 2.75) is 64.8 Å². The minimum Gasteiger partial charge on any atom is -0.495 e. The Morgan fingerprint density at radius 2 is 1.93 bits per heavy atom. The second kappa shape index (κ2) is 10.4. The zero-order chi connectivity index (χ0) is 28.0. The second-order valence-electron chi connectivity index (χ2n) is 11.8. The van der Waals surface area contributed by atoms with Gasteiger partial charge in [0.15, 0.2) is 0 Å². The van der Waals surface area contributed by atoms with Crippen LogP contribution in [-0.2, 0) is 4.79 Å². The Hall–Kier alpha value is -3.61. The van der Waals surface area contributed by atoms with Crippen LogP contribution >= 0.6 is 0 Å². The summed E-state index contributed by atoms with van der Waals surface area (Å²) in [5, 5.41) is 0. The fraction of sp³-hybridized carbons (Fsp3) is 0.455. The van der Waals surface area contributed by atoms with Crippen molar-refractivity contribution >= 4 is 5.91 Å². The number of benzene rings is 2. The highest BCUT2D eigenvalue weighted by Gasteiger charge is 2.54. The van der Waals surface area contributed by atoms with Gasteiger partial charge in [0.1, 0.15) is 11.6 Å². The molecule has 6 nitrogen and oxygen atoms in total. The molecule has 1 saturated carbocycles. The van der Waals surface area contributed by atoms with Crippen molar-refractivity contribution in [2.24, 2.45) is 5.41 Å². The van der Waals surface area contributed by atoms with Crippen LogP contribution in [0, 0.1) is 18.2 Å². The van der Waals surface area contributed by atoms with Crippen LogP contribution in [0.1, 0.15) is 74.7 Å². The molecule has 7 heteroatoms. The molecule has 1 aliphatic carbocycles. The van der Waals surface area contributed by atoms with Crippen LogP contribution in [0.3, 0.4) is 0 Å². The van der Waals surface area contributed by atoms with E-state index in [1.807, 2.05) is 36.1 Å². The molecule has 0 bridgehead atoms. The van der Waals surface area contributed by atoms with Crippen molar-refractivity contribution in [3.05, 3.63) is 88.9 Å². The van der Waals surface area contributed by atoms with Gasteiger partial charge >= 0.3 is 0 Å². The number of hydrogen-bond acceptors (Lipinski definition) is 4. The molecule has 1 amide bonds. The summed E-state index contributed by atoms with van der Waals surface area (Å²) in [6.45, 7) is 8.30. The Bertz CT molecular complexity index is 1440. The van der Waals surface area contributed by atoms with Gasteiger partial charge in [-0.1, -0.05) is 23.8 Å². The number of allylic oxidation sites excluding steroid dienone is 1. The van der Waals surface area contributed by atoms with Crippen molar-refractivity contribution < 1.29 is 13.9 Å². The lowest BCUT2D eigenvalue weighted by Crippen LogP contribution is -2.47. The zero-order valence-corrected chi connectivity index (χ0v) is 24.0. The number of hydrogen-bond donors (Lipinski definition) is 0. The molecule has 6 rings (SSSR count). The Labute approximate surface area is 236 Å². The minimum absolute atomic E-state index is 0.120. The van der Waals surface area contributed by atoms with E-state index in [1.165, 1.54) is 23.3 Å². The Morgan fingerprint density at radius 1 is 1.15 bits per heavy atom. The number of likely N-dealkylation sites (tertiary alicyclic amines) is 2. The maximum atomic E-state index is 13.8. The molecule has 2 aliphatic heterocycles. The average Bonchev–Trinajstić information content (AvgIpc) is 3.53. The monoisotopic (exact) mass is 542 g/mol. The average molecular weight is 543 g/mol. The van der Waals surface area contributed by atoms with Gasteiger partial charge in [0, 0.05) is 49.8 Å². The number of carbonyl (C=O) groups is 1. The van der Waals surface area contributed by atoms with Gasteiger partial charge < -0.3 is 19.1 Å². The fourth-order valence-corrected chi connectivity index (χ4v) is 7.28. The van der Waals surface area contributed by atoms with E-state index in [0.717, 1.165) is 61.5 Å². The molecule has 1 spiro atoms. The summed E-state index contributed by atoms with van der Waals surface area (Å²) < 4.78 is 21.7. The highest BCUT2D eigenvalue weighted by Crippen LogP contribution is 2.58. The first kappa shape index (κ1) is 26.6. The van der Waals surface area contributed by atoms with Crippen molar-refractivity contribution in [2.75, 3.05) is 26.7 Å². The Kier molecular flexibility index (Phi) is 6.93. The molecule has 3 aromatic rings. The summed E-state index contributed by atoms with van der Waals surface area (Å²) in [4.78, 5) is 21.9. The van der Waals surface area contributed by atoms with Crippen LogP contribution in [0.4, 0.5) is 4.39 Å². The summed E-state index contributed by atoms with van der Waals surface area (Å²) in [6, 6.07) is 13.6. The van der Waals surface area contributed by atoms with Crippen LogP contribution in [-0.4, -0.2) is 52.0 Å². The molecule has 3 heterocycles. The maximum Gasteiger partial charge on any atom is 0.219 e. The maximum absolute atomic E-state index is 13.8. The molecule has 0 N–H and O–H groups in total. The topological polar surface area (TPSA) is 50.6 Å². The van der Waals surface area contributed by atoms with Gasteiger partial charge in [-0.3, -0.25) is 4.79 Å². The third-order valence-corrected chi connectivity index (χ3v) is 9.48. The van der Waals surface area contributed by atoms with Crippen LogP contribution in [0.25, 0.3) is 5.69 Å². The van der Waals surface area contributed by atoms with Gasteiger partial charge in [0.2, 0.25) is 5.91 Å². The number of amides is 1. The summed E-state index contributed by atoms with van der Waals surface area (Å²) in [5.41, 5.74) is 7.02. The van der Waals surface area contributed by atoms with Crippen molar-refractivity contribution in [3.8, 4) is 11.4 Å². The number of carbonyl (C=O) groups excluding carboxylic acids is 1. The van der Waals surface area contributed by atoms with Crippen molar-refractivity contribution in [1.82, 2.24) is 19.4 Å². The van der Waals surface area contributed by atoms with E-state index in [9.17, 15) is 9.18 Å². The van der Waals surface area contributed by atoms with E-state index in [2.05, 4.69) is 39.9 Å². The first-order chi connectivity index (χ1) is 19.3. The van der Waals surface area contributed by atoms with Crippen molar-refractivity contribution in [1.29, 1.82) is 0 Å². The number of aromatic nitrogens is 2. The first-order valence-electron chi connectivity index (χ1n) is 14.5. The number of methoxy groups -OCH3 is 1. The van der Waals surface area contributed by atoms with E-state index in [4.69, 9.17) is 4.74 Å². The Balaban J connectivity index is 1.45. The van der Waals surface area contributed by atoms with E-state index in [0.29, 0.717) is 6.54 Å². The molecule has 3 unspecified atom stereocenters.